The fraction of sp³-hybridized carbons (Fsp3) is 0.444. The monoisotopic (exact) mass is 327 g/mol. The molecular formula is C18H21N3O3. The number of hydrogen-bond donors (Lipinski definition) is 1. The molecule has 0 spiro atoms. The Bertz CT molecular complexity index is 721. The summed E-state index contributed by atoms with van der Waals surface area (Å²) in [5.41, 5.74) is 2.23. The zero-order chi connectivity index (χ0) is 16.5. The molecule has 2 heterocycles. The van der Waals surface area contributed by atoms with Gasteiger partial charge in [-0.05, 0) is 43.5 Å². The summed E-state index contributed by atoms with van der Waals surface area (Å²) < 4.78 is 10.6. The summed E-state index contributed by atoms with van der Waals surface area (Å²) >= 11 is 0. The average molecular weight is 327 g/mol. The SMILES string of the molecule is COC1CCN(c2ccc(NC(=O)c3cc(C4CC4)on3)cc2)C1. The molecule has 24 heavy (non-hydrogen) atoms. The largest absolute Gasteiger partial charge is 0.380 e. The first-order valence-electron chi connectivity index (χ1n) is 8.38. The summed E-state index contributed by atoms with van der Waals surface area (Å²) in [7, 11) is 1.76. The molecule has 1 aromatic carbocycles. The van der Waals surface area contributed by atoms with Crippen LogP contribution in [0.25, 0.3) is 0 Å². The number of hydrogen-bond acceptors (Lipinski definition) is 5. The van der Waals surface area contributed by atoms with Gasteiger partial charge in [-0.25, -0.2) is 0 Å². The van der Waals surface area contributed by atoms with Crippen LogP contribution in [0.5, 0.6) is 0 Å². The normalized spacial score (nSPS) is 20.4. The Labute approximate surface area is 140 Å². The molecule has 1 unspecified atom stereocenters. The van der Waals surface area contributed by atoms with Crippen LogP contribution >= 0.6 is 0 Å². The molecular weight excluding hydrogens is 306 g/mol. The Morgan fingerprint density at radius 1 is 1.29 bits per heavy atom. The van der Waals surface area contributed by atoms with Crippen molar-refractivity contribution < 1.29 is 14.1 Å². The number of anilines is 2. The highest BCUT2D eigenvalue weighted by molar-refractivity contribution is 6.02. The third kappa shape index (κ3) is 3.14. The van der Waals surface area contributed by atoms with Crippen LogP contribution in [0.4, 0.5) is 11.4 Å². The maximum Gasteiger partial charge on any atom is 0.277 e. The van der Waals surface area contributed by atoms with Gasteiger partial charge >= 0.3 is 0 Å². The summed E-state index contributed by atoms with van der Waals surface area (Å²) in [5.74, 6) is 1.03. The molecule has 1 aliphatic carbocycles. The highest BCUT2D eigenvalue weighted by Crippen LogP contribution is 2.40. The van der Waals surface area contributed by atoms with Crippen LogP contribution in [0.15, 0.2) is 34.9 Å². The second-order valence-corrected chi connectivity index (χ2v) is 6.48. The zero-order valence-corrected chi connectivity index (χ0v) is 13.7. The Morgan fingerprint density at radius 2 is 2.08 bits per heavy atom. The maximum atomic E-state index is 12.2. The first kappa shape index (κ1) is 15.2. The third-order valence-corrected chi connectivity index (χ3v) is 4.71. The van der Waals surface area contributed by atoms with Gasteiger partial charge in [-0.3, -0.25) is 4.79 Å². The number of methoxy groups -OCH3 is 1. The van der Waals surface area contributed by atoms with Gasteiger partial charge in [0, 0.05) is 43.6 Å². The molecule has 126 valence electrons. The van der Waals surface area contributed by atoms with Crippen molar-refractivity contribution in [2.75, 3.05) is 30.4 Å². The van der Waals surface area contributed by atoms with Crippen molar-refractivity contribution in [2.45, 2.75) is 31.3 Å². The number of nitrogens with one attached hydrogen (secondary N) is 1. The Kier molecular flexibility index (Phi) is 3.98. The van der Waals surface area contributed by atoms with Crippen molar-refractivity contribution >= 4 is 17.3 Å². The molecule has 6 nitrogen and oxygen atoms in total. The maximum absolute atomic E-state index is 12.2. The van der Waals surface area contributed by atoms with Gasteiger partial charge in [0.05, 0.1) is 6.10 Å². The van der Waals surface area contributed by atoms with E-state index < -0.39 is 0 Å². The number of aromatic nitrogens is 1. The fourth-order valence-electron chi connectivity index (χ4n) is 3.06. The highest BCUT2D eigenvalue weighted by Gasteiger charge is 2.29. The molecule has 1 saturated heterocycles. The minimum Gasteiger partial charge on any atom is -0.380 e. The van der Waals surface area contributed by atoms with Gasteiger partial charge in [-0.1, -0.05) is 5.16 Å². The first-order chi connectivity index (χ1) is 11.7. The summed E-state index contributed by atoms with van der Waals surface area (Å²) in [6.45, 7) is 1.90. The van der Waals surface area contributed by atoms with Crippen LogP contribution in [0, 0.1) is 0 Å². The number of ether oxygens (including phenoxy) is 1. The molecule has 2 aromatic rings. The number of amides is 1. The topological polar surface area (TPSA) is 67.6 Å². The quantitative estimate of drug-likeness (QED) is 0.914. The van der Waals surface area contributed by atoms with Gasteiger partial charge in [0.25, 0.3) is 5.91 Å². The second kappa shape index (κ2) is 6.28. The van der Waals surface area contributed by atoms with Gasteiger partial charge in [0.1, 0.15) is 5.76 Å². The van der Waals surface area contributed by atoms with Crippen LogP contribution in [-0.4, -0.2) is 37.4 Å². The molecule has 2 fully saturated rings. The molecule has 0 bridgehead atoms. The van der Waals surface area contributed by atoms with Crippen molar-refractivity contribution in [3.05, 3.63) is 41.8 Å². The van der Waals surface area contributed by atoms with Gasteiger partial charge in [-0.2, -0.15) is 0 Å². The van der Waals surface area contributed by atoms with Gasteiger partial charge < -0.3 is 19.5 Å². The average Bonchev–Trinajstić information content (AvgIpc) is 3.14. The lowest BCUT2D eigenvalue weighted by atomic mass is 10.2. The lowest BCUT2D eigenvalue weighted by Crippen LogP contribution is -2.22. The predicted octanol–water partition coefficient (Wildman–Crippen LogP) is 3.03. The van der Waals surface area contributed by atoms with E-state index in [1.54, 1.807) is 13.2 Å². The Balaban J connectivity index is 1.38. The number of nitrogens with zero attached hydrogens (tertiary/aromatic N) is 2. The number of benzene rings is 1. The van der Waals surface area contributed by atoms with E-state index in [4.69, 9.17) is 9.26 Å². The van der Waals surface area contributed by atoms with Crippen LogP contribution in [0.2, 0.25) is 0 Å². The Hall–Kier alpha value is -2.34. The molecule has 1 N–H and O–H groups in total. The summed E-state index contributed by atoms with van der Waals surface area (Å²) in [6.07, 6.45) is 3.60. The van der Waals surface area contributed by atoms with E-state index in [1.807, 2.05) is 24.3 Å². The molecule has 1 aliphatic heterocycles. The third-order valence-electron chi connectivity index (χ3n) is 4.71. The molecule has 4 rings (SSSR count). The van der Waals surface area contributed by atoms with Crippen molar-refractivity contribution in [3.63, 3.8) is 0 Å². The summed E-state index contributed by atoms with van der Waals surface area (Å²) in [5, 5.41) is 6.73. The molecule has 2 aliphatic rings. The Morgan fingerprint density at radius 3 is 2.75 bits per heavy atom. The van der Waals surface area contributed by atoms with Crippen molar-refractivity contribution in [1.82, 2.24) is 5.16 Å². The van der Waals surface area contributed by atoms with E-state index in [2.05, 4.69) is 15.4 Å². The molecule has 1 saturated carbocycles. The standard InChI is InChI=1S/C18H21N3O3/c1-23-15-8-9-21(11-15)14-6-4-13(5-7-14)19-18(22)16-10-17(24-20-16)12-2-3-12/h4-7,10,12,15H,2-3,8-9,11H2,1H3,(H,19,22). The van der Waals surface area contributed by atoms with Gasteiger partial charge in [-0.15, -0.1) is 0 Å². The molecule has 0 radical (unpaired) electrons. The van der Waals surface area contributed by atoms with Crippen LogP contribution in [0.1, 0.15) is 41.4 Å². The van der Waals surface area contributed by atoms with Crippen LogP contribution in [-0.2, 0) is 4.74 Å². The van der Waals surface area contributed by atoms with E-state index >= 15 is 0 Å². The van der Waals surface area contributed by atoms with E-state index in [1.165, 1.54) is 0 Å². The van der Waals surface area contributed by atoms with Crippen LogP contribution in [0.3, 0.4) is 0 Å². The lowest BCUT2D eigenvalue weighted by molar-refractivity contribution is 0.101. The minimum atomic E-state index is -0.237. The van der Waals surface area contributed by atoms with Gasteiger partial charge in [0.15, 0.2) is 5.69 Å². The van der Waals surface area contributed by atoms with E-state index in [-0.39, 0.29) is 5.91 Å². The smallest absolute Gasteiger partial charge is 0.277 e. The van der Waals surface area contributed by atoms with Crippen molar-refractivity contribution in [1.29, 1.82) is 0 Å². The zero-order valence-electron chi connectivity index (χ0n) is 13.7. The van der Waals surface area contributed by atoms with E-state index in [0.29, 0.717) is 17.7 Å². The summed E-state index contributed by atoms with van der Waals surface area (Å²) in [6, 6.07) is 9.61. The predicted molar refractivity (Wildman–Crippen MR) is 90.5 cm³/mol. The van der Waals surface area contributed by atoms with E-state index in [9.17, 15) is 4.79 Å². The molecule has 6 heteroatoms. The first-order valence-corrected chi connectivity index (χ1v) is 8.38. The van der Waals surface area contributed by atoms with Crippen molar-refractivity contribution in [2.24, 2.45) is 0 Å². The lowest BCUT2D eigenvalue weighted by Gasteiger charge is -2.18. The van der Waals surface area contributed by atoms with Crippen molar-refractivity contribution in [3.8, 4) is 0 Å². The molecule has 1 amide bonds. The second-order valence-electron chi connectivity index (χ2n) is 6.48. The fourth-order valence-corrected chi connectivity index (χ4v) is 3.06. The highest BCUT2D eigenvalue weighted by atomic mass is 16.5. The van der Waals surface area contributed by atoms with Crippen LogP contribution < -0.4 is 10.2 Å². The van der Waals surface area contributed by atoms with E-state index in [0.717, 1.165) is 49.5 Å². The number of rotatable bonds is 5. The summed E-state index contributed by atoms with van der Waals surface area (Å²) in [4.78, 5) is 14.5. The number of carbonyl (C=O) groups is 1. The van der Waals surface area contributed by atoms with Gasteiger partial charge in [0.2, 0.25) is 0 Å². The minimum absolute atomic E-state index is 0.237. The molecule has 1 atom stereocenters. The molecule has 1 aromatic heterocycles. The number of carbonyl (C=O) groups excluding carboxylic acids is 1.